The molecule has 1 amide bonds. The SMILES string of the molecule is CC1(C)CC[C@]2(C(N)=O)CC[C@]3(C)C(=CC[C@@H]4[C@@]5(C)C[C@@H](O)OC[C@](C)(C=O)[C@@H]5CC[C@]43C)[C@@H]2C1. The summed E-state index contributed by atoms with van der Waals surface area (Å²) >= 11 is 0. The van der Waals surface area contributed by atoms with E-state index in [9.17, 15) is 14.7 Å². The molecule has 0 radical (unpaired) electrons. The highest BCUT2D eigenvalue weighted by Crippen LogP contribution is 2.75. The Hall–Kier alpha value is -1.20. The van der Waals surface area contributed by atoms with E-state index in [1.54, 1.807) is 0 Å². The first kappa shape index (κ1) is 25.4. The van der Waals surface area contributed by atoms with Crippen molar-refractivity contribution in [1.29, 1.82) is 0 Å². The van der Waals surface area contributed by atoms with E-state index in [0.717, 1.165) is 57.7 Å². The van der Waals surface area contributed by atoms with E-state index >= 15 is 0 Å². The van der Waals surface area contributed by atoms with Gasteiger partial charge >= 0.3 is 0 Å². The van der Waals surface area contributed by atoms with E-state index < -0.39 is 17.1 Å². The van der Waals surface area contributed by atoms with Gasteiger partial charge < -0.3 is 20.4 Å². The minimum absolute atomic E-state index is 0.0172. The van der Waals surface area contributed by atoms with Crippen molar-refractivity contribution in [2.75, 3.05) is 6.61 Å². The number of fused-ring (bicyclic) bond motifs is 7. The average Bonchev–Trinajstić information content (AvgIpc) is 2.87. The fourth-order valence-electron chi connectivity index (χ4n) is 10.3. The van der Waals surface area contributed by atoms with Crippen LogP contribution >= 0.6 is 0 Å². The molecule has 1 heterocycles. The van der Waals surface area contributed by atoms with Gasteiger partial charge in [0.2, 0.25) is 5.91 Å². The number of nitrogens with two attached hydrogens (primary N) is 1. The zero-order valence-corrected chi connectivity index (χ0v) is 22.8. The molecule has 5 rings (SSSR count). The maximum atomic E-state index is 13.0. The molecular formula is C30H47NO4. The van der Waals surface area contributed by atoms with Crippen LogP contribution in [0.1, 0.15) is 99.3 Å². The minimum Gasteiger partial charge on any atom is -0.369 e. The van der Waals surface area contributed by atoms with E-state index in [1.165, 1.54) is 5.57 Å². The first-order valence-corrected chi connectivity index (χ1v) is 13.9. The van der Waals surface area contributed by atoms with Gasteiger partial charge in [-0.05, 0) is 90.8 Å². The number of aliphatic hydroxyl groups excluding tert-OH is 1. The van der Waals surface area contributed by atoms with E-state index in [-0.39, 0.29) is 46.0 Å². The largest absolute Gasteiger partial charge is 0.369 e. The number of aldehydes is 1. The predicted molar refractivity (Wildman–Crippen MR) is 136 cm³/mol. The molecule has 0 aromatic carbocycles. The van der Waals surface area contributed by atoms with Gasteiger partial charge in [0.15, 0.2) is 6.29 Å². The highest BCUT2D eigenvalue weighted by molar-refractivity contribution is 5.82. The third kappa shape index (κ3) is 3.25. The lowest BCUT2D eigenvalue weighted by Gasteiger charge is -2.69. The Kier molecular flexibility index (Phi) is 5.57. The van der Waals surface area contributed by atoms with Gasteiger partial charge in [-0.1, -0.05) is 53.2 Å². The van der Waals surface area contributed by atoms with Gasteiger partial charge in [0.05, 0.1) is 12.0 Å². The zero-order valence-electron chi connectivity index (χ0n) is 22.8. The molecule has 1 saturated heterocycles. The summed E-state index contributed by atoms with van der Waals surface area (Å²) < 4.78 is 5.80. The number of hydrogen-bond acceptors (Lipinski definition) is 4. The molecular weight excluding hydrogens is 438 g/mol. The summed E-state index contributed by atoms with van der Waals surface area (Å²) in [6, 6.07) is 0. The van der Waals surface area contributed by atoms with Gasteiger partial charge in [-0.25, -0.2) is 0 Å². The van der Waals surface area contributed by atoms with Gasteiger partial charge in [-0.2, -0.15) is 0 Å². The van der Waals surface area contributed by atoms with Gasteiger partial charge in [0.1, 0.15) is 6.29 Å². The normalized spacial score (nSPS) is 53.1. The van der Waals surface area contributed by atoms with Crippen LogP contribution in [0.4, 0.5) is 0 Å². The molecule has 9 atom stereocenters. The highest BCUT2D eigenvalue weighted by Gasteiger charge is 2.68. The number of ether oxygens (including phenoxy) is 1. The molecule has 3 saturated carbocycles. The maximum Gasteiger partial charge on any atom is 0.224 e. The molecule has 196 valence electrons. The molecule has 5 aliphatic rings. The van der Waals surface area contributed by atoms with Crippen molar-refractivity contribution >= 4 is 12.2 Å². The van der Waals surface area contributed by atoms with Crippen LogP contribution < -0.4 is 5.73 Å². The smallest absolute Gasteiger partial charge is 0.224 e. The van der Waals surface area contributed by atoms with Gasteiger partial charge in [0.25, 0.3) is 0 Å². The van der Waals surface area contributed by atoms with Crippen LogP contribution in [0.2, 0.25) is 0 Å². The summed E-state index contributed by atoms with van der Waals surface area (Å²) in [5.41, 5.74) is 6.69. The molecule has 4 aliphatic carbocycles. The first-order chi connectivity index (χ1) is 16.2. The Balaban J connectivity index is 1.62. The van der Waals surface area contributed by atoms with Crippen LogP contribution in [0.15, 0.2) is 11.6 Å². The summed E-state index contributed by atoms with van der Waals surface area (Å²) in [4.78, 5) is 25.4. The summed E-state index contributed by atoms with van der Waals surface area (Å²) in [6.07, 6.45) is 11.1. The Morgan fingerprint density at radius 2 is 1.71 bits per heavy atom. The topological polar surface area (TPSA) is 89.6 Å². The third-order valence-corrected chi connectivity index (χ3v) is 12.7. The molecule has 0 aromatic heterocycles. The number of hydrogen-bond donors (Lipinski definition) is 2. The van der Waals surface area contributed by atoms with Crippen LogP contribution in [0, 0.1) is 50.2 Å². The predicted octanol–water partition coefficient (Wildman–Crippen LogP) is 5.40. The first-order valence-electron chi connectivity index (χ1n) is 13.9. The number of carbonyl (C=O) groups excluding carboxylic acids is 2. The van der Waals surface area contributed by atoms with Crippen LogP contribution in [0.25, 0.3) is 0 Å². The van der Waals surface area contributed by atoms with Crippen LogP contribution in [0.5, 0.6) is 0 Å². The Morgan fingerprint density at radius 1 is 1.03 bits per heavy atom. The second kappa shape index (κ2) is 7.66. The molecule has 0 aromatic rings. The second-order valence-corrected chi connectivity index (χ2v) is 14.8. The van der Waals surface area contributed by atoms with E-state index in [0.29, 0.717) is 12.3 Å². The van der Waals surface area contributed by atoms with Crippen LogP contribution in [-0.2, 0) is 14.3 Å². The van der Waals surface area contributed by atoms with Crippen molar-refractivity contribution < 1.29 is 19.4 Å². The molecule has 3 N–H and O–H groups in total. The zero-order chi connectivity index (χ0) is 25.7. The molecule has 1 aliphatic heterocycles. The fraction of sp³-hybridized carbons (Fsp3) is 0.867. The Labute approximate surface area is 211 Å². The standard InChI is InChI=1S/C30H47NO4/c1-25(2)11-13-30(24(31)34)14-12-28(5)19(20(30)15-25)7-8-22-27(4)16-23(33)35-18-26(3,17-32)21(27)9-10-29(22,28)6/h7,17,20-23,33H,8-16,18H2,1-6H3,(H2,31,34)/t20-,21-,22+,23-,26-,27-,28+,29+,30-/m0/s1. The van der Waals surface area contributed by atoms with Crippen molar-refractivity contribution in [2.45, 2.75) is 106 Å². The van der Waals surface area contributed by atoms with Crippen LogP contribution in [0.3, 0.4) is 0 Å². The lowest BCUT2D eigenvalue weighted by Crippen LogP contribution is -2.64. The number of primary amides is 1. The lowest BCUT2D eigenvalue weighted by atomic mass is 9.34. The Bertz CT molecular complexity index is 958. The van der Waals surface area contributed by atoms with Crippen molar-refractivity contribution in [2.24, 2.45) is 56.0 Å². The molecule has 0 unspecified atom stereocenters. The summed E-state index contributed by atoms with van der Waals surface area (Å²) in [5, 5.41) is 10.8. The second-order valence-electron chi connectivity index (χ2n) is 14.8. The molecule has 0 spiro atoms. The summed E-state index contributed by atoms with van der Waals surface area (Å²) in [7, 11) is 0. The number of amides is 1. The van der Waals surface area contributed by atoms with E-state index in [1.807, 2.05) is 6.92 Å². The van der Waals surface area contributed by atoms with Gasteiger partial charge in [0, 0.05) is 11.8 Å². The van der Waals surface area contributed by atoms with E-state index in [4.69, 9.17) is 10.5 Å². The number of carbonyl (C=O) groups is 2. The van der Waals surface area contributed by atoms with Crippen molar-refractivity contribution in [3.8, 4) is 0 Å². The Morgan fingerprint density at radius 3 is 2.37 bits per heavy atom. The molecule has 4 fully saturated rings. The monoisotopic (exact) mass is 485 g/mol. The fourth-order valence-corrected chi connectivity index (χ4v) is 10.3. The molecule has 5 heteroatoms. The van der Waals surface area contributed by atoms with Gasteiger partial charge in [-0.3, -0.25) is 4.79 Å². The van der Waals surface area contributed by atoms with Gasteiger partial charge in [-0.15, -0.1) is 0 Å². The van der Waals surface area contributed by atoms with Crippen molar-refractivity contribution in [3.63, 3.8) is 0 Å². The molecule has 0 bridgehead atoms. The third-order valence-electron chi connectivity index (χ3n) is 12.7. The number of aliphatic hydroxyl groups is 1. The maximum absolute atomic E-state index is 13.0. The number of allylic oxidation sites excluding steroid dienone is 2. The summed E-state index contributed by atoms with van der Waals surface area (Å²) in [6.45, 7) is 14.3. The number of rotatable bonds is 2. The average molecular weight is 486 g/mol. The van der Waals surface area contributed by atoms with Crippen molar-refractivity contribution in [3.05, 3.63) is 11.6 Å². The van der Waals surface area contributed by atoms with Crippen molar-refractivity contribution in [1.82, 2.24) is 0 Å². The lowest BCUT2D eigenvalue weighted by molar-refractivity contribution is -0.175. The summed E-state index contributed by atoms with van der Waals surface area (Å²) in [5.74, 6) is 0.641. The molecule has 35 heavy (non-hydrogen) atoms. The van der Waals surface area contributed by atoms with Crippen LogP contribution in [-0.4, -0.2) is 30.2 Å². The quantitative estimate of drug-likeness (QED) is 0.405. The van der Waals surface area contributed by atoms with E-state index in [2.05, 4.69) is 40.7 Å². The molecule has 5 nitrogen and oxygen atoms in total. The minimum atomic E-state index is -0.835. The highest BCUT2D eigenvalue weighted by atomic mass is 16.6.